The van der Waals surface area contributed by atoms with Crippen LogP contribution in [0.2, 0.25) is 0 Å². The second-order valence-corrected chi connectivity index (χ2v) is 4.15. The number of furan rings is 1. The molecule has 0 aliphatic heterocycles. The maximum absolute atomic E-state index is 12.0. The van der Waals surface area contributed by atoms with E-state index >= 15 is 0 Å². The number of aryl methyl sites for hydroxylation is 1. The zero-order valence-corrected chi connectivity index (χ0v) is 10.3. The number of rotatable bonds is 3. The van der Waals surface area contributed by atoms with Gasteiger partial charge in [0.15, 0.2) is 5.76 Å². The maximum atomic E-state index is 12.0. The summed E-state index contributed by atoms with van der Waals surface area (Å²) in [6, 6.07) is 8.87. The van der Waals surface area contributed by atoms with E-state index in [0.29, 0.717) is 11.3 Å². The van der Waals surface area contributed by atoms with Gasteiger partial charge in [0.25, 0.3) is 5.91 Å². The highest BCUT2D eigenvalue weighted by Crippen LogP contribution is 2.23. The molecule has 1 amide bonds. The number of amides is 1. The Balaban J connectivity index is 2.25. The third kappa shape index (κ3) is 2.43. The maximum Gasteiger partial charge on any atom is 0.291 e. The Kier molecular flexibility index (Phi) is 3.48. The first-order valence-electron chi connectivity index (χ1n) is 5.72. The summed E-state index contributed by atoms with van der Waals surface area (Å²) in [5, 5.41) is 12.4. The van der Waals surface area contributed by atoms with Gasteiger partial charge < -0.3 is 14.8 Å². The molecule has 0 spiro atoms. The van der Waals surface area contributed by atoms with Gasteiger partial charge in [0.05, 0.1) is 12.4 Å². The molecule has 1 heterocycles. The molecule has 0 bridgehead atoms. The van der Waals surface area contributed by atoms with Crippen LogP contribution in [0, 0.1) is 6.92 Å². The van der Waals surface area contributed by atoms with Crippen molar-refractivity contribution in [3.63, 3.8) is 0 Å². The predicted molar refractivity (Wildman–Crippen MR) is 68.5 cm³/mol. The minimum Gasteiger partial charge on any atom is -0.459 e. The lowest BCUT2D eigenvalue weighted by Gasteiger charge is -2.12. The van der Waals surface area contributed by atoms with Crippen molar-refractivity contribution in [1.82, 2.24) is 0 Å². The third-order valence-electron chi connectivity index (χ3n) is 2.73. The molecule has 2 aromatic rings. The van der Waals surface area contributed by atoms with Crippen molar-refractivity contribution in [2.75, 3.05) is 5.32 Å². The first-order chi connectivity index (χ1) is 8.59. The molecule has 0 saturated heterocycles. The van der Waals surface area contributed by atoms with Crippen LogP contribution in [-0.2, 0) is 0 Å². The summed E-state index contributed by atoms with van der Waals surface area (Å²) >= 11 is 0. The highest BCUT2D eigenvalue weighted by atomic mass is 16.3. The van der Waals surface area contributed by atoms with Crippen molar-refractivity contribution in [1.29, 1.82) is 0 Å². The summed E-state index contributed by atoms with van der Waals surface area (Å²) in [6.45, 7) is 3.46. The van der Waals surface area contributed by atoms with E-state index in [9.17, 15) is 9.90 Å². The standard InChI is InChI=1S/C14H15NO3/c1-9-7-8-18-13(9)14(17)15-12-6-4-3-5-11(12)10(2)16/h3-8,10,16H,1-2H3,(H,15,17). The predicted octanol–water partition coefficient (Wildman–Crippen LogP) is 2.89. The van der Waals surface area contributed by atoms with Crippen LogP contribution in [0.3, 0.4) is 0 Å². The van der Waals surface area contributed by atoms with Gasteiger partial charge in [0.2, 0.25) is 0 Å². The lowest BCUT2D eigenvalue weighted by Crippen LogP contribution is -2.14. The zero-order valence-electron chi connectivity index (χ0n) is 10.3. The fourth-order valence-electron chi connectivity index (χ4n) is 1.76. The van der Waals surface area contributed by atoms with Crippen molar-refractivity contribution >= 4 is 11.6 Å². The number of anilines is 1. The van der Waals surface area contributed by atoms with Crippen LogP contribution in [0.25, 0.3) is 0 Å². The number of hydrogen-bond donors (Lipinski definition) is 2. The smallest absolute Gasteiger partial charge is 0.291 e. The number of benzene rings is 1. The van der Waals surface area contributed by atoms with Gasteiger partial charge in [0, 0.05) is 16.8 Å². The minimum atomic E-state index is -0.640. The van der Waals surface area contributed by atoms with Gasteiger partial charge in [-0.3, -0.25) is 4.79 Å². The molecule has 4 heteroatoms. The summed E-state index contributed by atoms with van der Waals surface area (Å²) < 4.78 is 5.12. The fraction of sp³-hybridized carbons (Fsp3) is 0.214. The number of aliphatic hydroxyl groups excluding tert-OH is 1. The van der Waals surface area contributed by atoms with Gasteiger partial charge in [-0.1, -0.05) is 18.2 Å². The number of aliphatic hydroxyl groups is 1. The number of nitrogens with one attached hydrogen (secondary N) is 1. The second-order valence-electron chi connectivity index (χ2n) is 4.15. The quantitative estimate of drug-likeness (QED) is 0.874. The Morgan fingerprint density at radius 1 is 1.33 bits per heavy atom. The average molecular weight is 245 g/mol. The summed E-state index contributed by atoms with van der Waals surface area (Å²) in [5.74, 6) is -0.0269. The highest BCUT2D eigenvalue weighted by molar-refractivity contribution is 6.03. The molecule has 0 aliphatic carbocycles. The van der Waals surface area contributed by atoms with Crippen LogP contribution in [-0.4, -0.2) is 11.0 Å². The van der Waals surface area contributed by atoms with E-state index in [4.69, 9.17) is 4.42 Å². The van der Waals surface area contributed by atoms with Crippen molar-refractivity contribution in [3.05, 3.63) is 53.5 Å². The highest BCUT2D eigenvalue weighted by Gasteiger charge is 2.15. The number of carbonyl (C=O) groups is 1. The van der Waals surface area contributed by atoms with E-state index in [0.717, 1.165) is 5.56 Å². The first kappa shape index (κ1) is 12.4. The van der Waals surface area contributed by atoms with Crippen LogP contribution in [0.4, 0.5) is 5.69 Å². The van der Waals surface area contributed by atoms with E-state index in [1.165, 1.54) is 6.26 Å². The molecule has 94 valence electrons. The lowest BCUT2D eigenvalue weighted by atomic mass is 10.1. The molecule has 0 aliphatic rings. The molecule has 2 rings (SSSR count). The second kappa shape index (κ2) is 5.06. The zero-order chi connectivity index (χ0) is 13.1. The van der Waals surface area contributed by atoms with Crippen molar-refractivity contribution in [2.24, 2.45) is 0 Å². The van der Waals surface area contributed by atoms with Crippen molar-refractivity contribution in [2.45, 2.75) is 20.0 Å². The van der Waals surface area contributed by atoms with Crippen molar-refractivity contribution in [3.8, 4) is 0 Å². The Hall–Kier alpha value is -2.07. The summed E-state index contributed by atoms with van der Waals surface area (Å²) in [6.07, 6.45) is 0.837. The molecule has 1 atom stereocenters. The number of hydrogen-bond acceptors (Lipinski definition) is 3. The fourth-order valence-corrected chi connectivity index (χ4v) is 1.76. The number of para-hydroxylation sites is 1. The molecule has 1 aromatic heterocycles. The topological polar surface area (TPSA) is 62.5 Å². The van der Waals surface area contributed by atoms with Gasteiger partial charge in [-0.05, 0) is 26.0 Å². The minimum absolute atomic E-state index is 0.287. The van der Waals surface area contributed by atoms with Crippen LogP contribution < -0.4 is 5.32 Å². The molecule has 0 radical (unpaired) electrons. The molecule has 4 nitrogen and oxygen atoms in total. The summed E-state index contributed by atoms with van der Waals surface area (Å²) in [4.78, 5) is 12.0. The summed E-state index contributed by atoms with van der Waals surface area (Å²) in [7, 11) is 0. The van der Waals surface area contributed by atoms with E-state index in [-0.39, 0.29) is 11.7 Å². The SMILES string of the molecule is Cc1ccoc1C(=O)Nc1ccccc1C(C)O. The summed E-state index contributed by atoms with van der Waals surface area (Å²) in [5.41, 5.74) is 2.05. The molecule has 0 fully saturated rings. The van der Waals surface area contributed by atoms with Crippen LogP contribution >= 0.6 is 0 Å². The van der Waals surface area contributed by atoms with Crippen LogP contribution in [0.1, 0.15) is 34.7 Å². The van der Waals surface area contributed by atoms with E-state index in [1.54, 1.807) is 38.1 Å². The Bertz CT molecular complexity index is 558. The van der Waals surface area contributed by atoms with Gasteiger partial charge in [-0.25, -0.2) is 0 Å². The monoisotopic (exact) mass is 245 g/mol. The van der Waals surface area contributed by atoms with Gasteiger partial charge in [-0.15, -0.1) is 0 Å². The third-order valence-corrected chi connectivity index (χ3v) is 2.73. The molecular weight excluding hydrogens is 230 g/mol. The van der Waals surface area contributed by atoms with Crippen molar-refractivity contribution < 1.29 is 14.3 Å². The van der Waals surface area contributed by atoms with E-state index in [2.05, 4.69) is 5.32 Å². The molecule has 18 heavy (non-hydrogen) atoms. The van der Waals surface area contributed by atoms with E-state index in [1.807, 2.05) is 6.07 Å². The largest absolute Gasteiger partial charge is 0.459 e. The van der Waals surface area contributed by atoms with E-state index < -0.39 is 6.10 Å². The normalized spacial score (nSPS) is 12.2. The molecule has 1 unspecified atom stereocenters. The van der Waals surface area contributed by atoms with Crippen LogP contribution in [0.5, 0.6) is 0 Å². The molecule has 1 aromatic carbocycles. The van der Waals surface area contributed by atoms with Crippen LogP contribution in [0.15, 0.2) is 41.0 Å². The van der Waals surface area contributed by atoms with Gasteiger partial charge in [-0.2, -0.15) is 0 Å². The first-order valence-corrected chi connectivity index (χ1v) is 5.72. The van der Waals surface area contributed by atoms with Gasteiger partial charge >= 0.3 is 0 Å². The average Bonchev–Trinajstić information content (AvgIpc) is 2.76. The number of carbonyl (C=O) groups excluding carboxylic acids is 1. The Morgan fingerprint density at radius 3 is 2.67 bits per heavy atom. The Labute approximate surface area is 105 Å². The Morgan fingerprint density at radius 2 is 2.06 bits per heavy atom. The molecular formula is C14H15NO3. The van der Waals surface area contributed by atoms with Gasteiger partial charge in [0.1, 0.15) is 0 Å². The molecule has 0 saturated carbocycles. The lowest BCUT2D eigenvalue weighted by molar-refractivity contribution is 0.0995. The molecule has 2 N–H and O–H groups in total.